The fourth-order valence-electron chi connectivity index (χ4n) is 2.62. The minimum Gasteiger partial charge on any atom is -0.0999 e. The van der Waals surface area contributed by atoms with Crippen LogP contribution in [0.15, 0.2) is 12.2 Å². The molecule has 0 nitrogen and oxygen atoms in total. The highest BCUT2D eigenvalue weighted by molar-refractivity contribution is 4.95. The van der Waals surface area contributed by atoms with Crippen LogP contribution in [0.25, 0.3) is 0 Å². The first-order valence-electron chi connectivity index (χ1n) is 8.30. The van der Waals surface area contributed by atoms with Crippen LogP contribution >= 0.6 is 0 Å². The van der Waals surface area contributed by atoms with E-state index in [1.54, 1.807) is 0 Å². The van der Waals surface area contributed by atoms with Crippen LogP contribution in [0.4, 0.5) is 0 Å². The van der Waals surface area contributed by atoms with Gasteiger partial charge in [0.05, 0.1) is 0 Å². The molecule has 0 aromatic carbocycles. The van der Waals surface area contributed by atoms with Crippen molar-refractivity contribution in [2.45, 2.75) is 91.9 Å². The lowest BCUT2D eigenvalue weighted by Crippen LogP contribution is -2.00. The Kier molecular flexibility index (Phi) is 11.6. The second-order valence-corrected chi connectivity index (χ2v) is 6.13. The molecule has 0 amide bonds. The van der Waals surface area contributed by atoms with Gasteiger partial charge in [0.25, 0.3) is 0 Å². The minimum absolute atomic E-state index is 0.823. The fraction of sp³-hybridized carbons (Fsp3) is 0.889. The molecule has 0 aliphatic rings. The van der Waals surface area contributed by atoms with Gasteiger partial charge in [0.1, 0.15) is 0 Å². The Morgan fingerprint density at radius 1 is 0.944 bits per heavy atom. The average Bonchev–Trinajstić information content (AvgIpc) is 2.36. The molecular weight excluding hydrogens is 216 g/mol. The Morgan fingerprint density at radius 2 is 1.61 bits per heavy atom. The van der Waals surface area contributed by atoms with E-state index in [4.69, 9.17) is 0 Å². The topological polar surface area (TPSA) is 0 Å². The Balaban J connectivity index is 3.63. The van der Waals surface area contributed by atoms with Gasteiger partial charge in [-0.15, -0.1) is 0 Å². The molecule has 0 saturated heterocycles. The van der Waals surface area contributed by atoms with Crippen LogP contribution in [0.1, 0.15) is 91.9 Å². The van der Waals surface area contributed by atoms with E-state index in [0.29, 0.717) is 0 Å². The summed E-state index contributed by atoms with van der Waals surface area (Å²) in [7, 11) is 0. The fourth-order valence-corrected chi connectivity index (χ4v) is 2.62. The van der Waals surface area contributed by atoms with Crippen LogP contribution in [0.5, 0.6) is 0 Å². The molecule has 0 spiro atoms. The maximum Gasteiger partial charge on any atom is -0.0297 e. The van der Waals surface area contributed by atoms with E-state index >= 15 is 0 Å². The third-order valence-electron chi connectivity index (χ3n) is 4.27. The van der Waals surface area contributed by atoms with E-state index in [2.05, 4.69) is 34.3 Å². The predicted molar refractivity (Wildman–Crippen MR) is 85.0 cm³/mol. The highest BCUT2D eigenvalue weighted by Gasteiger charge is 2.07. The molecule has 0 heteroatoms. The third-order valence-corrected chi connectivity index (χ3v) is 4.27. The molecule has 0 heterocycles. The van der Waals surface area contributed by atoms with Crippen LogP contribution in [0, 0.1) is 11.8 Å². The zero-order valence-electron chi connectivity index (χ0n) is 13.4. The van der Waals surface area contributed by atoms with Gasteiger partial charge in [-0.2, -0.15) is 0 Å². The van der Waals surface area contributed by atoms with Gasteiger partial charge in [-0.1, -0.05) is 84.8 Å². The van der Waals surface area contributed by atoms with Crippen molar-refractivity contribution < 1.29 is 0 Å². The molecular formula is C18H36. The standard InChI is InChI=1S/C18H36/c1-6-9-10-13-18(8-3)14-11-12-17(5)15-16(4)7-2/h16,18H,5-15H2,1-4H3. The summed E-state index contributed by atoms with van der Waals surface area (Å²) in [5.74, 6) is 1.79. The third kappa shape index (κ3) is 9.74. The van der Waals surface area contributed by atoms with Crippen molar-refractivity contribution in [1.82, 2.24) is 0 Å². The molecule has 0 aromatic rings. The van der Waals surface area contributed by atoms with Gasteiger partial charge in [0.15, 0.2) is 0 Å². The van der Waals surface area contributed by atoms with E-state index in [-0.39, 0.29) is 0 Å². The monoisotopic (exact) mass is 252 g/mol. The number of allylic oxidation sites excluding steroid dienone is 1. The zero-order valence-corrected chi connectivity index (χ0v) is 13.4. The summed E-state index contributed by atoms with van der Waals surface area (Å²) >= 11 is 0. The second kappa shape index (κ2) is 11.8. The SMILES string of the molecule is C=C(CCCC(CC)CCCCC)CC(C)CC. The van der Waals surface area contributed by atoms with E-state index in [0.717, 1.165) is 11.8 Å². The van der Waals surface area contributed by atoms with Gasteiger partial charge in [-0.25, -0.2) is 0 Å². The highest BCUT2D eigenvalue weighted by Crippen LogP contribution is 2.23. The molecule has 0 aliphatic heterocycles. The van der Waals surface area contributed by atoms with E-state index in [1.807, 2.05) is 0 Å². The highest BCUT2D eigenvalue weighted by atomic mass is 14.1. The molecule has 0 rings (SSSR count). The summed E-state index contributed by atoms with van der Waals surface area (Å²) in [5.41, 5.74) is 1.48. The van der Waals surface area contributed by atoms with Gasteiger partial charge in [0, 0.05) is 0 Å². The van der Waals surface area contributed by atoms with Gasteiger partial charge in [-0.05, 0) is 31.1 Å². The number of hydrogen-bond acceptors (Lipinski definition) is 0. The molecule has 0 fully saturated rings. The largest absolute Gasteiger partial charge is 0.0999 e. The Hall–Kier alpha value is -0.260. The van der Waals surface area contributed by atoms with E-state index in [1.165, 1.54) is 69.8 Å². The second-order valence-electron chi connectivity index (χ2n) is 6.13. The normalized spacial score (nSPS) is 14.4. The number of rotatable bonds is 12. The first-order chi connectivity index (χ1) is 8.63. The minimum atomic E-state index is 0.823. The summed E-state index contributed by atoms with van der Waals surface area (Å²) < 4.78 is 0. The maximum atomic E-state index is 4.24. The van der Waals surface area contributed by atoms with Crippen molar-refractivity contribution in [3.63, 3.8) is 0 Å². The first-order valence-corrected chi connectivity index (χ1v) is 8.30. The van der Waals surface area contributed by atoms with Crippen molar-refractivity contribution in [2.75, 3.05) is 0 Å². The lowest BCUT2D eigenvalue weighted by atomic mass is 9.90. The zero-order chi connectivity index (χ0) is 13.8. The van der Waals surface area contributed by atoms with Crippen LogP contribution < -0.4 is 0 Å². The van der Waals surface area contributed by atoms with Crippen molar-refractivity contribution in [3.05, 3.63) is 12.2 Å². The van der Waals surface area contributed by atoms with Crippen molar-refractivity contribution in [2.24, 2.45) is 11.8 Å². The molecule has 0 radical (unpaired) electrons. The van der Waals surface area contributed by atoms with Crippen LogP contribution in [0.3, 0.4) is 0 Å². The molecule has 0 aromatic heterocycles. The summed E-state index contributed by atoms with van der Waals surface area (Å²) in [6, 6.07) is 0. The Labute approximate surface area is 116 Å². The lowest BCUT2D eigenvalue weighted by molar-refractivity contribution is 0.403. The van der Waals surface area contributed by atoms with Crippen LogP contribution in [0.2, 0.25) is 0 Å². The van der Waals surface area contributed by atoms with E-state index < -0.39 is 0 Å². The maximum absolute atomic E-state index is 4.24. The van der Waals surface area contributed by atoms with Crippen molar-refractivity contribution in [3.8, 4) is 0 Å². The summed E-state index contributed by atoms with van der Waals surface area (Å²) in [4.78, 5) is 0. The lowest BCUT2D eigenvalue weighted by Gasteiger charge is -2.16. The van der Waals surface area contributed by atoms with Crippen molar-refractivity contribution in [1.29, 1.82) is 0 Å². The Bertz CT molecular complexity index is 192. The first kappa shape index (κ1) is 17.7. The smallest absolute Gasteiger partial charge is 0.0297 e. The Morgan fingerprint density at radius 3 is 2.17 bits per heavy atom. The molecule has 0 saturated carbocycles. The molecule has 2 unspecified atom stereocenters. The van der Waals surface area contributed by atoms with Crippen LogP contribution in [-0.2, 0) is 0 Å². The average molecular weight is 252 g/mol. The molecule has 0 N–H and O–H groups in total. The predicted octanol–water partition coefficient (Wildman–Crippen LogP) is 6.76. The molecule has 0 bridgehead atoms. The summed E-state index contributed by atoms with van der Waals surface area (Å²) in [6.07, 6.45) is 13.6. The van der Waals surface area contributed by atoms with Gasteiger partial charge in [-0.3, -0.25) is 0 Å². The molecule has 0 aliphatic carbocycles. The van der Waals surface area contributed by atoms with Gasteiger partial charge >= 0.3 is 0 Å². The van der Waals surface area contributed by atoms with Gasteiger partial charge < -0.3 is 0 Å². The molecule has 18 heavy (non-hydrogen) atoms. The van der Waals surface area contributed by atoms with Gasteiger partial charge in [0.2, 0.25) is 0 Å². The molecule has 2 atom stereocenters. The van der Waals surface area contributed by atoms with E-state index in [9.17, 15) is 0 Å². The number of hydrogen-bond donors (Lipinski definition) is 0. The van der Waals surface area contributed by atoms with Crippen molar-refractivity contribution >= 4 is 0 Å². The summed E-state index contributed by atoms with van der Waals surface area (Å²) in [6.45, 7) is 13.5. The number of unbranched alkanes of at least 4 members (excludes halogenated alkanes) is 2. The quantitative estimate of drug-likeness (QED) is 0.266. The van der Waals surface area contributed by atoms with Crippen LogP contribution in [-0.4, -0.2) is 0 Å². The molecule has 108 valence electrons. The summed E-state index contributed by atoms with van der Waals surface area (Å²) in [5, 5.41) is 0.